The van der Waals surface area contributed by atoms with E-state index in [4.69, 9.17) is 20.4 Å². The summed E-state index contributed by atoms with van der Waals surface area (Å²) in [4.78, 5) is 10.7. The third-order valence-corrected chi connectivity index (χ3v) is 1.74. The van der Waals surface area contributed by atoms with E-state index in [1.165, 1.54) is 0 Å². The van der Waals surface area contributed by atoms with Crippen molar-refractivity contribution in [2.75, 3.05) is 6.61 Å². The van der Waals surface area contributed by atoms with Gasteiger partial charge >= 0.3 is 5.97 Å². The van der Waals surface area contributed by atoms with Crippen LogP contribution in [0.3, 0.4) is 0 Å². The average molecular weight is 1090 g/mol. The zero-order chi connectivity index (χ0) is 9.30. The van der Waals surface area contributed by atoms with Crippen LogP contribution in [0.15, 0.2) is 0 Å². The van der Waals surface area contributed by atoms with Gasteiger partial charge in [0.15, 0.2) is 12.2 Å². The van der Waals surface area contributed by atoms with Gasteiger partial charge in [-0.05, 0) is 0 Å². The van der Waals surface area contributed by atoms with Crippen LogP contribution in [0, 0.1) is 176 Å². The Hall–Kier alpha value is 5.08. The van der Waals surface area contributed by atoms with Crippen molar-refractivity contribution in [3.63, 3.8) is 0 Å². The fourth-order valence-corrected chi connectivity index (χ4v) is 0.980. The van der Waals surface area contributed by atoms with E-state index >= 15 is 0 Å². The molecule has 0 bridgehead atoms. The molecule has 1 saturated heterocycles. The van der Waals surface area contributed by atoms with Crippen LogP contribution in [-0.4, -0.2) is 57.4 Å². The van der Waals surface area contributed by atoms with Crippen LogP contribution in [0.5, 0.6) is 0 Å². The molecule has 3 unspecified atom stereocenters. The molecule has 82 valence electrons. The van der Waals surface area contributed by atoms with E-state index in [0.717, 1.165) is 0 Å². The van der Waals surface area contributed by atoms with Crippen molar-refractivity contribution in [3.8, 4) is 0 Å². The maximum Gasteiger partial charge on any atom is 0.338 e. The summed E-state index contributed by atoms with van der Waals surface area (Å²) in [6, 6.07) is 0. The Balaban J connectivity index is -0.000000180. The van der Waals surface area contributed by atoms with E-state index < -0.39 is 37.0 Å². The number of hydrogen-bond acceptors (Lipinski definition) is 6. The van der Waals surface area contributed by atoms with Crippen LogP contribution >= 0.6 is 0 Å². The summed E-state index contributed by atoms with van der Waals surface area (Å²) < 4.78 is 4.38. The Bertz CT molecular complexity index is 192. The Labute approximate surface area is 236 Å². The molecule has 4 atom stereocenters. The number of esters is 1. The van der Waals surface area contributed by atoms with Crippen molar-refractivity contribution in [2.24, 2.45) is 0 Å². The Morgan fingerprint density at radius 1 is 1.00 bits per heavy atom. The average Bonchev–Trinajstić information content (AvgIpc) is 2.08. The SMILES string of the molecule is O=C1OC(CO)[C@H](O)C(O)C1O.[Ac].[Ac].[Ac].[Ac]. The van der Waals surface area contributed by atoms with Gasteiger partial charge in [-0.15, -0.1) is 0 Å². The topological polar surface area (TPSA) is 107 Å². The van der Waals surface area contributed by atoms with Crippen molar-refractivity contribution >= 4 is 5.97 Å². The number of carbonyl (C=O) groups excluding carboxylic acids is 1. The van der Waals surface area contributed by atoms with Gasteiger partial charge in [0.2, 0.25) is 0 Å². The van der Waals surface area contributed by atoms with Crippen LogP contribution in [0.2, 0.25) is 0 Å². The van der Waals surface area contributed by atoms with Crippen LogP contribution in [-0.2, 0) is 9.53 Å². The summed E-state index contributed by atoms with van der Waals surface area (Å²) in [6.45, 7) is -0.587. The second-order valence-electron chi connectivity index (χ2n) is 2.58. The molecule has 0 aromatic carbocycles. The number of ether oxygens (including phenoxy) is 1. The third-order valence-electron chi connectivity index (χ3n) is 1.74. The van der Waals surface area contributed by atoms with E-state index in [0.29, 0.717) is 0 Å². The van der Waals surface area contributed by atoms with Crippen LogP contribution in [0.25, 0.3) is 0 Å². The standard InChI is InChI=1S/C6H10O6.4Ac/c7-1-2-3(8)4(9)5(10)6(11)12-2;;;;/h2-5,7-10H,1H2;;;;/t2?,3-,4?,5?;;;;/m0..../s1. The summed E-state index contributed by atoms with van der Waals surface area (Å²) in [6.07, 6.45) is -5.93. The molecule has 16 heavy (non-hydrogen) atoms. The molecule has 6 nitrogen and oxygen atoms in total. The van der Waals surface area contributed by atoms with Gasteiger partial charge in [0.25, 0.3) is 0 Å². The summed E-state index contributed by atoms with van der Waals surface area (Å²) >= 11 is 0. The molecule has 0 aromatic rings. The minimum Gasteiger partial charge on any atom is -0.455 e. The maximum absolute atomic E-state index is 10.7. The molecule has 0 saturated carbocycles. The monoisotopic (exact) mass is 1090 g/mol. The van der Waals surface area contributed by atoms with Gasteiger partial charge in [-0.2, -0.15) is 0 Å². The normalized spacial score (nSPS) is 31.9. The van der Waals surface area contributed by atoms with Crippen LogP contribution in [0.1, 0.15) is 0 Å². The predicted molar refractivity (Wildman–Crippen MR) is 35.0 cm³/mol. The molecule has 1 aliphatic heterocycles. The van der Waals surface area contributed by atoms with Crippen molar-refractivity contribution in [2.45, 2.75) is 24.4 Å². The Kier molecular flexibility index (Phi) is 27.3. The molecule has 0 aromatic heterocycles. The first-order valence-corrected chi connectivity index (χ1v) is 3.43. The fourth-order valence-electron chi connectivity index (χ4n) is 0.980. The smallest absolute Gasteiger partial charge is 0.338 e. The first kappa shape index (κ1) is 29.1. The molecule has 0 spiro atoms. The van der Waals surface area contributed by atoms with E-state index in [-0.39, 0.29) is 176 Å². The number of aliphatic hydroxyl groups excluding tert-OH is 4. The fraction of sp³-hybridized carbons (Fsp3) is 0.833. The summed E-state index contributed by atoms with van der Waals surface area (Å²) in [7, 11) is 0. The number of rotatable bonds is 1. The Morgan fingerprint density at radius 2 is 1.44 bits per heavy atom. The Morgan fingerprint density at radius 3 is 1.81 bits per heavy atom. The number of carbonyl (C=O) groups is 1. The molecule has 10 heteroatoms. The van der Waals surface area contributed by atoms with Gasteiger partial charge in [0, 0.05) is 176 Å². The molecule has 1 fully saturated rings. The molecule has 0 aliphatic carbocycles. The van der Waals surface area contributed by atoms with Crippen molar-refractivity contribution in [1.82, 2.24) is 0 Å². The predicted octanol–water partition coefficient (Wildman–Crippen LogP) is -3.01. The molecular formula is C6H10Ac4O6. The van der Waals surface area contributed by atoms with Crippen molar-refractivity contribution in [3.05, 3.63) is 0 Å². The van der Waals surface area contributed by atoms with Crippen LogP contribution < -0.4 is 0 Å². The molecule has 4 N–H and O–H groups in total. The zero-order valence-electron chi connectivity index (χ0n) is 8.43. The van der Waals surface area contributed by atoms with Crippen LogP contribution in [0.4, 0.5) is 0 Å². The van der Waals surface area contributed by atoms with Crippen molar-refractivity contribution in [1.29, 1.82) is 0 Å². The number of aliphatic hydroxyl groups is 4. The largest absolute Gasteiger partial charge is 0.455 e. The first-order chi connectivity index (χ1) is 5.57. The summed E-state index contributed by atoms with van der Waals surface area (Å²) in [5, 5.41) is 35.5. The molecule has 1 aliphatic rings. The second-order valence-corrected chi connectivity index (χ2v) is 2.58. The summed E-state index contributed by atoms with van der Waals surface area (Å²) in [5.41, 5.74) is 0. The second kappa shape index (κ2) is 15.0. The van der Waals surface area contributed by atoms with Gasteiger partial charge in [0.05, 0.1) is 6.61 Å². The number of cyclic esters (lactones) is 1. The van der Waals surface area contributed by atoms with E-state index in [1.807, 2.05) is 0 Å². The van der Waals surface area contributed by atoms with Gasteiger partial charge in [0.1, 0.15) is 12.2 Å². The van der Waals surface area contributed by atoms with Gasteiger partial charge < -0.3 is 25.2 Å². The zero-order valence-corrected chi connectivity index (χ0v) is 27.4. The molecule has 0 amide bonds. The molecular weight excluding hydrogens is 1080 g/mol. The molecule has 1 heterocycles. The third kappa shape index (κ3) is 8.50. The van der Waals surface area contributed by atoms with Crippen molar-refractivity contribution < 1.29 is 206 Å². The molecule has 4 radical (unpaired) electrons. The van der Waals surface area contributed by atoms with Gasteiger partial charge in [-0.3, -0.25) is 0 Å². The minimum atomic E-state index is -1.73. The van der Waals surface area contributed by atoms with Gasteiger partial charge in [-0.25, -0.2) is 4.79 Å². The van der Waals surface area contributed by atoms with Gasteiger partial charge in [-0.1, -0.05) is 0 Å². The number of hydrogen-bond donors (Lipinski definition) is 4. The van der Waals surface area contributed by atoms with E-state index in [1.54, 1.807) is 0 Å². The summed E-state index contributed by atoms with van der Waals surface area (Å²) in [5.74, 6) is -1.04. The maximum atomic E-state index is 10.7. The van der Waals surface area contributed by atoms with E-state index in [2.05, 4.69) is 4.74 Å². The minimum absolute atomic E-state index is 0. The molecule has 1 rings (SSSR count). The quantitative estimate of drug-likeness (QED) is 0.209. The van der Waals surface area contributed by atoms with E-state index in [9.17, 15) is 4.79 Å². The first-order valence-electron chi connectivity index (χ1n) is 3.43.